The number of para-hydroxylation sites is 1. The Bertz CT molecular complexity index is 904. The van der Waals surface area contributed by atoms with Gasteiger partial charge >= 0.3 is 0 Å². The maximum absolute atomic E-state index is 13.0. The summed E-state index contributed by atoms with van der Waals surface area (Å²) in [5.74, 6) is 0.326. The molecule has 0 bridgehead atoms. The van der Waals surface area contributed by atoms with Crippen molar-refractivity contribution < 1.29 is 14.4 Å². The lowest BCUT2D eigenvalue weighted by molar-refractivity contribution is -0.858. The number of amides is 1. The van der Waals surface area contributed by atoms with Crippen LogP contribution >= 0.6 is 11.8 Å². The van der Waals surface area contributed by atoms with Crippen molar-refractivity contribution in [2.75, 3.05) is 39.5 Å². The van der Waals surface area contributed by atoms with Crippen molar-refractivity contribution in [3.63, 3.8) is 0 Å². The molecule has 1 amide bonds. The van der Waals surface area contributed by atoms with Gasteiger partial charge in [-0.05, 0) is 26.0 Å². The molecule has 1 aromatic carbocycles. The number of ether oxygens (including phenoxy) is 1. The van der Waals surface area contributed by atoms with Gasteiger partial charge in [-0.15, -0.1) is 0 Å². The van der Waals surface area contributed by atoms with E-state index in [1.54, 1.807) is 4.57 Å². The van der Waals surface area contributed by atoms with E-state index in [1.165, 1.54) is 16.7 Å². The fourth-order valence-corrected chi connectivity index (χ4v) is 4.57. The first-order chi connectivity index (χ1) is 13.8. The molecule has 7 nitrogen and oxygen atoms in total. The summed E-state index contributed by atoms with van der Waals surface area (Å²) >= 11 is 1.35. The van der Waals surface area contributed by atoms with Crippen LogP contribution in [0.15, 0.2) is 34.2 Å². The van der Waals surface area contributed by atoms with Crippen LogP contribution in [0.3, 0.4) is 0 Å². The normalized spacial score (nSPS) is 19.8. The zero-order valence-corrected chi connectivity index (χ0v) is 18.5. The number of rotatable bonds is 7. The monoisotopic (exact) mass is 419 g/mol. The Morgan fingerprint density at radius 3 is 2.62 bits per heavy atom. The highest BCUT2D eigenvalue weighted by Crippen LogP contribution is 2.20. The summed E-state index contributed by atoms with van der Waals surface area (Å²) in [6, 6.07) is 7.40. The quantitative estimate of drug-likeness (QED) is 0.528. The summed E-state index contributed by atoms with van der Waals surface area (Å²) in [5, 5.41) is 1.24. The maximum Gasteiger partial charge on any atom is 0.262 e. The number of carbonyl (C=O) groups is 1. The Morgan fingerprint density at radius 2 is 1.93 bits per heavy atom. The molecule has 1 saturated heterocycles. The number of hydrogen-bond donors (Lipinski definition) is 1. The highest BCUT2D eigenvalue weighted by atomic mass is 32.2. The molecule has 1 fully saturated rings. The van der Waals surface area contributed by atoms with E-state index in [1.807, 2.05) is 43.0 Å². The van der Waals surface area contributed by atoms with Crippen molar-refractivity contribution in [1.82, 2.24) is 14.5 Å². The molecule has 1 N–H and O–H groups in total. The molecule has 2 aromatic rings. The highest BCUT2D eigenvalue weighted by molar-refractivity contribution is 7.99. The van der Waals surface area contributed by atoms with Gasteiger partial charge in [-0.2, -0.15) is 0 Å². The average Bonchev–Trinajstić information content (AvgIpc) is 2.67. The van der Waals surface area contributed by atoms with Gasteiger partial charge in [0.15, 0.2) is 5.16 Å². The van der Waals surface area contributed by atoms with E-state index in [4.69, 9.17) is 9.72 Å². The molecule has 0 spiro atoms. The number of nitrogens with one attached hydrogen (secondary N) is 1. The SMILES string of the molecule is C[C@@H]1CN(C(=O)CSc2nc3ccccc3c(=O)n2CCC[NH+](C)C)C[C@H](C)O1. The minimum atomic E-state index is -0.0343. The minimum Gasteiger partial charge on any atom is -0.372 e. The van der Waals surface area contributed by atoms with Crippen molar-refractivity contribution in [3.8, 4) is 0 Å². The number of hydrogen-bond acceptors (Lipinski definition) is 5. The number of morpholine rings is 1. The molecule has 8 heteroatoms. The van der Waals surface area contributed by atoms with E-state index >= 15 is 0 Å². The van der Waals surface area contributed by atoms with E-state index < -0.39 is 0 Å². The molecule has 1 aliphatic rings. The molecule has 2 atom stereocenters. The number of thioether (sulfide) groups is 1. The van der Waals surface area contributed by atoms with Crippen LogP contribution in [0.25, 0.3) is 10.9 Å². The van der Waals surface area contributed by atoms with Crippen molar-refractivity contribution in [2.45, 2.75) is 44.2 Å². The summed E-state index contributed by atoms with van der Waals surface area (Å²) in [7, 11) is 4.19. The van der Waals surface area contributed by atoms with Crippen LogP contribution in [-0.2, 0) is 16.1 Å². The fraction of sp³-hybridized carbons (Fsp3) is 0.571. The second kappa shape index (κ2) is 9.73. The first kappa shape index (κ1) is 21.8. The van der Waals surface area contributed by atoms with Crippen LogP contribution in [0.5, 0.6) is 0 Å². The minimum absolute atomic E-state index is 0.0343. The second-order valence-electron chi connectivity index (χ2n) is 8.02. The number of fused-ring (bicyclic) bond motifs is 1. The van der Waals surface area contributed by atoms with Gasteiger partial charge in [-0.1, -0.05) is 23.9 Å². The third kappa shape index (κ3) is 5.58. The van der Waals surface area contributed by atoms with Crippen molar-refractivity contribution in [1.29, 1.82) is 0 Å². The summed E-state index contributed by atoms with van der Waals surface area (Å²) in [5.41, 5.74) is 0.642. The Balaban J connectivity index is 1.79. The number of carbonyl (C=O) groups excluding carboxylic acids is 1. The Hall–Kier alpha value is -1.90. The Labute approximate surface area is 176 Å². The van der Waals surface area contributed by atoms with Gasteiger partial charge in [0.1, 0.15) is 0 Å². The summed E-state index contributed by atoms with van der Waals surface area (Å²) in [6.07, 6.45) is 0.957. The zero-order chi connectivity index (χ0) is 21.0. The van der Waals surface area contributed by atoms with E-state index in [-0.39, 0.29) is 29.4 Å². The van der Waals surface area contributed by atoms with Gasteiger partial charge in [0, 0.05) is 26.1 Å². The molecular formula is C21H31N4O3S+. The lowest BCUT2D eigenvalue weighted by atomic mass is 10.2. The largest absolute Gasteiger partial charge is 0.372 e. The summed E-state index contributed by atoms with van der Waals surface area (Å²) in [4.78, 5) is 33.7. The van der Waals surface area contributed by atoms with Crippen LogP contribution in [-0.4, -0.2) is 72.0 Å². The highest BCUT2D eigenvalue weighted by Gasteiger charge is 2.26. The molecule has 0 radical (unpaired) electrons. The summed E-state index contributed by atoms with van der Waals surface area (Å²) < 4.78 is 7.45. The predicted molar refractivity (Wildman–Crippen MR) is 116 cm³/mol. The van der Waals surface area contributed by atoms with Gasteiger partial charge in [-0.25, -0.2) is 4.98 Å². The summed E-state index contributed by atoms with van der Waals surface area (Å²) in [6.45, 7) is 6.74. The predicted octanol–water partition coefficient (Wildman–Crippen LogP) is 0.659. The Morgan fingerprint density at radius 1 is 1.24 bits per heavy atom. The molecule has 0 aliphatic carbocycles. The van der Waals surface area contributed by atoms with Gasteiger partial charge in [0.25, 0.3) is 5.56 Å². The van der Waals surface area contributed by atoms with Gasteiger partial charge < -0.3 is 14.5 Å². The molecule has 29 heavy (non-hydrogen) atoms. The van der Waals surface area contributed by atoms with Crippen molar-refractivity contribution in [3.05, 3.63) is 34.6 Å². The van der Waals surface area contributed by atoms with E-state index in [0.29, 0.717) is 35.7 Å². The number of benzene rings is 1. The Kier molecular flexibility index (Phi) is 7.32. The first-order valence-electron chi connectivity index (χ1n) is 10.2. The van der Waals surface area contributed by atoms with Crippen LogP contribution in [0, 0.1) is 0 Å². The van der Waals surface area contributed by atoms with Crippen molar-refractivity contribution in [2.24, 2.45) is 0 Å². The third-order valence-corrected chi connectivity index (χ3v) is 5.94. The molecule has 1 aliphatic heterocycles. The first-order valence-corrected chi connectivity index (χ1v) is 11.2. The number of quaternary nitrogens is 1. The number of nitrogens with zero attached hydrogens (tertiary/aromatic N) is 3. The van der Waals surface area contributed by atoms with Crippen molar-refractivity contribution >= 4 is 28.6 Å². The van der Waals surface area contributed by atoms with Crippen LogP contribution < -0.4 is 10.5 Å². The van der Waals surface area contributed by atoms with Crippen LogP contribution in [0.4, 0.5) is 0 Å². The third-order valence-electron chi connectivity index (χ3n) is 4.98. The second-order valence-corrected chi connectivity index (χ2v) is 8.97. The molecule has 0 unspecified atom stereocenters. The topological polar surface area (TPSA) is 68.9 Å². The smallest absolute Gasteiger partial charge is 0.262 e. The molecule has 158 valence electrons. The molecule has 3 rings (SSSR count). The van der Waals surface area contributed by atoms with Gasteiger partial charge in [0.2, 0.25) is 5.91 Å². The molecule has 0 saturated carbocycles. The molecule has 2 heterocycles. The maximum atomic E-state index is 13.0. The van der Waals surface area contributed by atoms with Gasteiger partial charge in [0.05, 0.1) is 49.5 Å². The zero-order valence-electron chi connectivity index (χ0n) is 17.7. The standard InChI is InChI=1S/C21H30N4O3S/c1-15-12-24(13-16(2)28-15)19(26)14-29-21-22-18-9-6-5-8-17(18)20(27)25(21)11-7-10-23(3)4/h5-6,8-9,15-16H,7,10-14H2,1-4H3/p+1/t15-,16+. The van der Waals surface area contributed by atoms with E-state index in [2.05, 4.69) is 14.1 Å². The van der Waals surface area contributed by atoms with Crippen LogP contribution in [0.1, 0.15) is 20.3 Å². The van der Waals surface area contributed by atoms with Crippen LogP contribution in [0.2, 0.25) is 0 Å². The van der Waals surface area contributed by atoms with Gasteiger partial charge in [-0.3, -0.25) is 14.2 Å². The fourth-order valence-electron chi connectivity index (χ4n) is 3.64. The number of aromatic nitrogens is 2. The lowest BCUT2D eigenvalue weighted by Crippen LogP contribution is -3.05. The van der Waals surface area contributed by atoms with E-state index in [0.717, 1.165) is 13.0 Å². The lowest BCUT2D eigenvalue weighted by Gasteiger charge is -2.35. The molecular weight excluding hydrogens is 388 g/mol. The van der Waals surface area contributed by atoms with E-state index in [9.17, 15) is 9.59 Å². The molecule has 1 aromatic heterocycles. The average molecular weight is 420 g/mol.